The van der Waals surface area contributed by atoms with Gasteiger partial charge in [-0.1, -0.05) is 6.07 Å². The molecule has 3 rings (SSSR count). The molecule has 0 unspecified atom stereocenters. The molecule has 0 spiro atoms. The smallest absolute Gasteiger partial charge is 0.0471 e. The predicted octanol–water partition coefficient (Wildman–Crippen LogP) is 2.63. The molecule has 4 heteroatoms. The maximum atomic E-state index is 7.72. The molecule has 4 nitrogen and oxygen atoms in total. The molecule has 2 aliphatic rings. The number of rotatable bonds is 3. The van der Waals surface area contributed by atoms with Gasteiger partial charge in [0, 0.05) is 30.7 Å². The first kappa shape index (κ1) is 14.5. The molecule has 0 saturated carbocycles. The van der Waals surface area contributed by atoms with Crippen LogP contribution in [-0.2, 0) is 4.74 Å². The fourth-order valence-corrected chi connectivity index (χ4v) is 3.63. The highest BCUT2D eigenvalue weighted by atomic mass is 16.5. The number of nitrogens with one attached hydrogen (secondary N) is 2. The minimum atomic E-state index is 0.532. The fourth-order valence-electron chi connectivity index (χ4n) is 3.63. The molecule has 0 aliphatic carbocycles. The fraction of sp³-hybridized carbons (Fsp3) is 0.588. The van der Waals surface area contributed by atoms with Gasteiger partial charge >= 0.3 is 0 Å². The van der Waals surface area contributed by atoms with Crippen molar-refractivity contribution in [3.63, 3.8) is 0 Å². The van der Waals surface area contributed by atoms with Gasteiger partial charge in [-0.25, -0.2) is 0 Å². The highest BCUT2D eigenvalue weighted by Crippen LogP contribution is 2.35. The second-order valence-corrected chi connectivity index (χ2v) is 6.17. The van der Waals surface area contributed by atoms with Gasteiger partial charge in [-0.05, 0) is 67.8 Å². The maximum absolute atomic E-state index is 7.72. The Balaban J connectivity index is 1.95. The van der Waals surface area contributed by atoms with Crippen LogP contribution in [-0.4, -0.2) is 32.5 Å². The van der Waals surface area contributed by atoms with E-state index < -0.39 is 0 Å². The highest BCUT2D eigenvalue weighted by Gasteiger charge is 2.23. The Kier molecular flexibility index (Phi) is 4.56. The van der Waals surface area contributed by atoms with Crippen molar-refractivity contribution >= 4 is 11.9 Å². The van der Waals surface area contributed by atoms with Crippen LogP contribution in [0.25, 0.3) is 0 Å². The minimum absolute atomic E-state index is 0.532. The number of hydrogen-bond acceptors (Lipinski definition) is 4. The van der Waals surface area contributed by atoms with E-state index in [1.807, 2.05) is 0 Å². The average Bonchev–Trinajstić information content (AvgIpc) is 2.55. The molecule has 114 valence electrons. The number of hydrogen-bond donors (Lipinski definition) is 3. The normalized spacial score (nSPS) is 21.3. The number of ether oxygens (including phenoxy) is 1. The van der Waals surface area contributed by atoms with Crippen LogP contribution >= 0.6 is 0 Å². The molecule has 2 heterocycles. The molecule has 2 saturated heterocycles. The number of benzene rings is 1. The lowest BCUT2D eigenvalue weighted by atomic mass is 9.82. The topological polar surface area (TPSA) is 71.1 Å². The Labute approximate surface area is 126 Å². The maximum Gasteiger partial charge on any atom is 0.0471 e. The second kappa shape index (κ2) is 6.58. The molecule has 0 amide bonds. The van der Waals surface area contributed by atoms with Gasteiger partial charge < -0.3 is 21.2 Å². The number of piperidine rings is 1. The van der Waals surface area contributed by atoms with Crippen molar-refractivity contribution in [3.8, 4) is 0 Å². The van der Waals surface area contributed by atoms with Gasteiger partial charge in [0.05, 0.1) is 0 Å². The molecule has 1 aromatic rings. The second-order valence-electron chi connectivity index (χ2n) is 6.17. The van der Waals surface area contributed by atoms with Crippen molar-refractivity contribution in [1.82, 2.24) is 5.32 Å². The van der Waals surface area contributed by atoms with Crippen molar-refractivity contribution in [2.75, 3.05) is 32.0 Å². The summed E-state index contributed by atoms with van der Waals surface area (Å²) in [6, 6.07) is 4.41. The van der Waals surface area contributed by atoms with E-state index in [4.69, 9.17) is 15.9 Å². The molecule has 0 bridgehead atoms. The summed E-state index contributed by atoms with van der Waals surface area (Å²) in [5.41, 5.74) is 10.6. The van der Waals surface area contributed by atoms with Crippen molar-refractivity contribution < 1.29 is 4.74 Å². The monoisotopic (exact) mass is 287 g/mol. The minimum Gasteiger partial charge on any atom is -0.398 e. The largest absolute Gasteiger partial charge is 0.398 e. The quantitative estimate of drug-likeness (QED) is 0.591. The summed E-state index contributed by atoms with van der Waals surface area (Å²) in [6.45, 7) is 3.81. The molecule has 21 heavy (non-hydrogen) atoms. The summed E-state index contributed by atoms with van der Waals surface area (Å²) >= 11 is 0. The Morgan fingerprint density at radius 3 is 2.48 bits per heavy atom. The van der Waals surface area contributed by atoms with E-state index in [0.29, 0.717) is 11.8 Å². The summed E-state index contributed by atoms with van der Waals surface area (Å²) in [4.78, 5) is 0. The van der Waals surface area contributed by atoms with E-state index in [0.717, 1.165) is 63.2 Å². The Hall–Kier alpha value is -1.39. The molecule has 0 aromatic heterocycles. The van der Waals surface area contributed by atoms with Crippen LogP contribution in [0, 0.1) is 5.41 Å². The summed E-state index contributed by atoms with van der Waals surface area (Å²) in [7, 11) is 0. The zero-order chi connectivity index (χ0) is 14.7. The molecule has 0 radical (unpaired) electrons. The molecule has 0 atom stereocenters. The van der Waals surface area contributed by atoms with Gasteiger partial charge in [-0.3, -0.25) is 0 Å². The van der Waals surface area contributed by atoms with E-state index in [2.05, 4.69) is 17.4 Å². The van der Waals surface area contributed by atoms with Crippen LogP contribution in [0.2, 0.25) is 0 Å². The summed E-state index contributed by atoms with van der Waals surface area (Å²) in [5, 5.41) is 11.1. The van der Waals surface area contributed by atoms with Crippen LogP contribution in [0.1, 0.15) is 54.2 Å². The van der Waals surface area contributed by atoms with Crippen molar-refractivity contribution in [2.45, 2.75) is 37.5 Å². The summed E-state index contributed by atoms with van der Waals surface area (Å²) < 4.78 is 5.47. The van der Waals surface area contributed by atoms with Gasteiger partial charge in [0.25, 0.3) is 0 Å². The molecular formula is C17H25N3O. The summed E-state index contributed by atoms with van der Waals surface area (Å²) in [5.74, 6) is 1.09. The first-order chi connectivity index (χ1) is 10.3. The molecule has 4 N–H and O–H groups in total. The lowest BCUT2D eigenvalue weighted by molar-refractivity contribution is 0.0853. The first-order valence-electron chi connectivity index (χ1n) is 8.02. The molecular weight excluding hydrogens is 262 g/mol. The van der Waals surface area contributed by atoms with E-state index >= 15 is 0 Å². The Morgan fingerprint density at radius 2 is 1.81 bits per heavy atom. The third kappa shape index (κ3) is 3.11. The van der Waals surface area contributed by atoms with Crippen LogP contribution < -0.4 is 11.1 Å². The van der Waals surface area contributed by atoms with Crippen molar-refractivity contribution in [3.05, 3.63) is 28.8 Å². The number of nitrogen functional groups attached to an aromatic ring is 1. The number of nitrogens with two attached hydrogens (primary N) is 1. The summed E-state index contributed by atoms with van der Waals surface area (Å²) in [6.07, 6.45) is 5.86. The van der Waals surface area contributed by atoms with E-state index in [-0.39, 0.29) is 0 Å². The number of anilines is 1. The third-order valence-corrected chi connectivity index (χ3v) is 4.88. The molecule has 2 fully saturated rings. The predicted molar refractivity (Wildman–Crippen MR) is 86.4 cm³/mol. The van der Waals surface area contributed by atoms with Crippen LogP contribution in [0.5, 0.6) is 0 Å². The molecule has 2 aliphatic heterocycles. The van der Waals surface area contributed by atoms with E-state index in [1.54, 1.807) is 0 Å². The SMILES string of the molecule is N=Cc1c(N)cc(C2CCOCC2)cc1C1CCNCC1. The lowest BCUT2D eigenvalue weighted by Gasteiger charge is -2.28. The zero-order valence-electron chi connectivity index (χ0n) is 12.5. The Morgan fingerprint density at radius 1 is 1.10 bits per heavy atom. The standard InChI is InChI=1S/C17H25N3O/c18-11-16-15(13-1-5-20-6-2-13)9-14(10-17(16)19)12-3-7-21-8-4-12/h9-13,18,20H,1-8,19H2. The van der Waals surface area contributed by atoms with Gasteiger partial charge in [0.2, 0.25) is 0 Å². The molecule has 1 aromatic carbocycles. The van der Waals surface area contributed by atoms with Crippen molar-refractivity contribution in [1.29, 1.82) is 5.41 Å². The van der Waals surface area contributed by atoms with Crippen LogP contribution in [0.4, 0.5) is 5.69 Å². The van der Waals surface area contributed by atoms with Gasteiger partial charge in [-0.2, -0.15) is 0 Å². The van der Waals surface area contributed by atoms with Gasteiger partial charge in [-0.15, -0.1) is 0 Å². The van der Waals surface area contributed by atoms with Crippen molar-refractivity contribution in [2.24, 2.45) is 0 Å². The van der Waals surface area contributed by atoms with E-state index in [9.17, 15) is 0 Å². The highest BCUT2D eigenvalue weighted by molar-refractivity contribution is 5.87. The van der Waals surface area contributed by atoms with Gasteiger partial charge in [0.15, 0.2) is 0 Å². The van der Waals surface area contributed by atoms with Crippen LogP contribution in [0.15, 0.2) is 12.1 Å². The van der Waals surface area contributed by atoms with Crippen LogP contribution in [0.3, 0.4) is 0 Å². The lowest BCUT2D eigenvalue weighted by Crippen LogP contribution is -2.27. The third-order valence-electron chi connectivity index (χ3n) is 4.88. The van der Waals surface area contributed by atoms with E-state index in [1.165, 1.54) is 17.3 Å². The average molecular weight is 287 g/mol. The Bertz CT molecular complexity index is 503. The zero-order valence-corrected chi connectivity index (χ0v) is 12.5. The first-order valence-corrected chi connectivity index (χ1v) is 8.02. The van der Waals surface area contributed by atoms with Gasteiger partial charge in [0.1, 0.15) is 0 Å².